The first-order valence-corrected chi connectivity index (χ1v) is 9.77. The molecule has 1 aromatic carbocycles. The lowest BCUT2D eigenvalue weighted by molar-refractivity contribution is 0.00340. The molecule has 2 heterocycles. The Labute approximate surface area is 156 Å². The molecule has 2 aromatic rings. The topological polar surface area (TPSA) is 79.5 Å². The molecule has 0 amide bonds. The summed E-state index contributed by atoms with van der Waals surface area (Å²) in [6.07, 6.45) is 0. The van der Waals surface area contributed by atoms with Crippen molar-refractivity contribution in [1.29, 1.82) is 0 Å². The summed E-state index contributed by atoms with van der Waals surface area (Å²) in [6.45, 7) is 10.6. The van der Waals surface area contributed by atoms with Crippen molar-refractivity contribution in [2.45, 2.75) is 45.3 Å². The second-order valence-corrected chi connectivity index (χ2v) is 9.72. The van der Waals surface area contributed by atoms with Gasteiger partial charge in [-0.25, -0.2) is 4.98 Å². The predicted molar refractivity (Wildman–Crippen MR) is 105 cm³/mol. The van der Waals surface area contributed by atoms with Crippen molar-refractivity contribution in [2.75, 3.05) is 13.2 Å². The number of hydrogen-bond acceptors (Lipinski definition) is 5. The molecule has 0 N–H and O–H groups in total. The van der Waals surface area contributed by atoms with Crippen molar-refractivity contribution in [3.05, 3.63) is 39.4 Å². The quantitative estimate of drug-likeness (QED) is 0.610. The van der Waals surface area contributed by atoms with Crippen LogP contribution in [0.4, 0.5) is 0 Å². The van der Waals surface area contributed by atoms with E-state index in [4.69, 9.17) is 9.72 Å². The Bertz CT molecular complexity index is 940. The number of aryl methyl sites for hydroxylation is 1. The summed E-state index contributed by atoms with van der Waals surface area (Å²) in [5, 5.41) is 0.558. The van der Waals surface area contributed by atoms with Gasteiger partial charge >= 0.3 is 0 Å². The number of aromatic nitrogens is 2. The lowest BCUT2D eigenvalue weighted by Crippen LogP contribution is -2.33. The minimum Gasteiger partial charge on any atom is -0.591 e. The summed E-state index contributed by atoms with van der Waals surface area (Å²) in [7, 11) is 1.75. The maximum atomic E-state index is 12.9. The molecule has 3 rings (SSSR count). The minimum absolute atomic E-state index is 0.0772. The third-order valence-electron chi connectivity index (χ3n) is 4.50. The molecule has 0 saturated carbocycles. The van der Waals surface area contributed by atoms with Gasteiger partial charge in [0.1, 0.15) is 21.9 Å². The Hall–Kier alpha value is -1.70. The number of fused-ring (bicyclic) bond motifs is 1. The molecule has 1 aromatic heterocycles. The number of rotatable bonds is 3. The van der Waals surface area contributed by atoms with Crippen LogP contribution in [0.3, 0.4) is 0 Å². The standard InChI is InChI=1S/C19H25N3O3S/c1-11-7-14(12(2)21-26(24)19(3,4)5)16-15(8-11)18(23)22(6)17(20-16)13-9-25-10-13/h7-8,13H,9-10H2,1-6H3/t26-/m1/s1. The Morgan fingerprint density at radius 3 is 2.58 bits per heavy atom. The highest BCUT2D eigenvalue weighted by Crippen LogP contribution is 2.26. The molecule has 0 bridgehead atoms. The van der Waals surface area contributed by atoms with Crippen molar-refractivity contribution >= 4 is 28.0 Å². The zero-order valence-electron chi connectivity index (χ0n) is 16.1. The average Bonchev–Trinajstić information content (AvgIpc) is 2.49. The Morgan fingerprint density at radius 1 is 1.38 bits per heavy atom. The van der Waals surface area contributed by atoms with Crippen LogP contribution in [-0.2, 0) is 23.1 Å². The molecule has 1 aliphatic rings. The van der Waals surface area contributed by atoms with Crippen molar-refractivity contribution in [1.82, 2.24) is 9.55 Å². The normalized spacial score (nSPS) is 17.4. The molecule has 0 spiro atoms. The lowest BCUT2D eigenvalue weighted by Gasteiger charge is -2.27. The summed E-state index contributed by atoms with van der Waals surface area (Å²) in [6, 6.07) is 3.80. The van der Waals surface area contributed by atoms with Gasteiger partial charge < -0.3 is 9.29 Å². The Kier molecular flexibility index (Phi) is 4.98. The molecular formula is C19H25N3O3S. The zero-order chi connectivity index (χ0) is 19.2. The zero-order valence-corrected chi connectivity index (χ0v) is 16.9. The van der Waals surface area contributed by atoms with Crippen LogP contribution in [0.2, 0.25) is 0 Å². The number of hydrogen-bond donors (Lipinski definition) is 0. The first kappa shape index (κ1) is 19.1. The Balaban J connectivity index is 2.23. The predicted octanol–water partition coefficient (Wildman–Crippen LogP) is 2.63. The average molecular weight is 375 g/mol. The highest BCUT2D eigenvalue weighted by atomic mass is 32.2. The number of ether oxygens (including phenoxy) is 1. The summed E-state index contributed by atoms with van der Waals surface area (Å²) in [5.74, 6) is 0.857. The van der Waals surface area contributed by atoms with E-state index < -0.39 is 16.1 Å². The second kappa shape index (κ2) is 6.79. The van der Waals surface area contributed by atoms with Gasteiger partial charge in [0.15, 0.2) is 0 Å². The van der Waals surface area contributed by atoms with Gasteiger partial charge in [-0.2, -0.15) is 0 Å². The van der Waals surface area contributed by atoms with E-state index in [-0.39, 0.29) is 11.5 Å². The van der Waals surface area contributed by atoms with Crippen LogP contribution in [0.25, 0.3) is 10.9 Å². The number of benzene rings is 1. The molecule has 0 unspecified atom stereocenters. The van der Waals surface area contributed by atoms with Crippen LogP contribution < -0.4 is 5.56 Å². The van der Waals surface area contributed by atoms with Crippen molar-refractivity contribution in [3.63, 3.8) is 0 Å². The third-order valence-corrected chi connectivity index (χ3v) is 5.98. The van der Waals surface area contributed by atoms with Crippen LogP contribution in [0, 0.1) is 6.92 Å². The van der Waals surface area contributed by atoms with E-state index in [0.29, 0.717) is 29.8 Å². The molecular weight excluding hydrogens is 350 g/mol. The van der Waals surface area contributed by atoms with Crippen LogP contribution in [0.5, 0.6) is 0 Å². The fourth-order valence-electron chi connectivity index (χ4n) is 2.87. The first-order chi connectivity index (χ1) is 12.1. The van der Waals surface area contributed by atoms with Crippen LogP contribution in [0.1, 0.15) is 50.6 Å². The van der Waals surface area contributed by atoms with E-state index in [1.54, 1.807) is 11.6 Å². The molecule has 7 heteroatoms. The third kappa shape index (κ3) is 3.43. The van der Waals surface area contributed by atoms with Gasteiger partial charge in [-0.05, 0) is 52.3 Å². The van der Waals surface area contributed by atoms with Gasteiger partial charge in [0.05, 0.1) is 35.7 Å². The van der Waals surface area contributed by atoms with Crippen molar-refractivity contribution < 1.29 is 9.29 Å². The monoisotopic (exact) mass is 375 g/mol. The van der Waals surface area contributed by atoms with Gasteiger partial charge in [0, 0.05) is 12.6 Å². The van der Waals surface area contributed by atoms with Gasteiger partial charge in [0.25, 0.3) is 5.56 Å². The fraction of sp³-hybridized carbons (Fsp3) is 0.526. The van der Waals surface area contributed by atoms with Crippen molar-refractivity contribution in [3.8, 4) is 0 Å². The van der Waals surface area contributed by atoms with E-state index in [1.807, 2.05) is 46.8 Å². The molecule has 6 nitrogen and oxygen atoms in total. The highest BCUT2D eigenvalue weighted by molar-refractivity contribution is 7.91. The van der Waals surface area contributed by atoms with E-state index in [0.717, 1.165) is 17.0 Å². The fourth-order valence-corrected chi connectivity index (χ4v) is 3.49. The minimum atomic E-state index is -1.37. The molecule has 1 aliphatic heterocycles. The van der Waals surface area contributed by atoms with Gasteiger partial charge in [0.2, 0.25) is 0 Å². The Morgan fingerprint density at radius 2 is 2.04 bits per heavy atom. The smallest absolute Gasteiger partial charge is 0.261 e. The van der Waals surface area contributed by atoms with Crippen LogP contribution in [0.15, 0.2) is 21.3 Å². The summed E-state index contributed by atoms with van der Waals surface area (Å²) >= 11 is -1.37. The van der Waals surface area contributed by atoms with Crippen LogP contribution in [-0.4, -0.2) is 37.8 Å². The summed E-state index contributed by atoms with van der Waals surface area (Å²) < 4.78 is 23.3. The molecule has 1 saturated heterocycles. The maximum absolute atomic E-state index is 12.9. The second-order valence-electron chi connectivity index (χ2n) is 7.82. The first-order valence-electron chi connectivity index (χ1n) is 8.66. The maximum Gasteiger partial charge on any atom is 0.261 e. The van der Waals surface area contributed by atoms with E-state index in [9.17, 15) is 9.35 Å². The molecule has 26 heavy (non-hydrogen) atoms. The summed E-state index contributed by atoms with van der Waals surface area (Å²) in [5.41, 5.74) is 2.88. The highest BCUT2D eigenvalue weighted by Gasteiger charge is 2.28. The van der Waals surface area contributed by atoms with E-state index >= 15 is 0 Å². The van der Waals surface area contributed by atoms with Gasteiger partial charge in [-0.1, -0.05) is 4.40 Å². The molecule has 0 radical (unpaired) electrons. The largest absolute Gasteiger partial charge is 0.591 e. The SMILES string of the molecule is CC(=N[S@+]([O-])C(C)(C)C)c1cc(C)cc2c(=O)n(C)c(C3COC3)nc12. The van der Waals surface area contributed by atoms with Gasteiger partial charge in [-0.3, -0.25) is 9.36 Å². The van der Waals surface area contributed by atoms with Gasteiger partial charge in [-0.15, -0.1) is 0 Å². The van der Waals surface area contributed by atoms with E-state index in [1.165, 1.54) is 0 Å². The lowest BCUT2D eigenvalue weighted by atomic mass is 10.0. The van der Waals surface area contributed by atoms with Crippen LogP contribution >= 0.6 is 0 Å². The number of nitrogens with zero attached hydrogens (tertiary/aromatic N) is 3. The molecule has 140 valence electrons. The molecule has 1 fully saturated rings. The molecule has 1 atom stereocenters. The molecule has 0 aliphatic carbocycles. The van der Waals surface area contributed by atoms with Crippen molar-refractivity contribution in [2.24, 2.45) is 11.4 Å². The van der Waals surface area contributed by atoms with E-state index in [2.05, 4.69) is 4.40 Å². The summed E-state index contributed by atoms with van der Waals surface area (Å²) in [4.78, 5) is 17.7.